The van der Waals surface area contributed by atoms with Crippen LogP contribution < -0.4 is 5.32 Å². The first-order chi connectivity index (χ1) is 9.67. The Labute approximate surface area is 121 Å². The van der Waals surface area contributed by atoms with E-state index in [4.69, 9.17) is 0 Å². The third kappa shape index (κ3) is 2.86. The quantitative estimate of drug-likeness (QED) is 0.831. The molecule has 1 aromatic carbocycles. The van der Waals surface area contributed by atoms with Gasteiger partial charge in [0.05, 0.1) is 25.7 Å². The maximum atomic E-state index is 12.3. The van der Waals surface area contributed by atoms with E-state index in [0.29, 0.717) is 6.54 Å². The monoisotopic (exact) mass is 274 g/mol. The summed E-state index contributed by atoms with van der Waals surface area (Å²) >= 11 is 0. The van der Waals surface area contributed by atoms with Gasteiger partial charge in [0, 0.05) is 19.6 Å². The van der Waals surface area contributed by atoms with E-state index in [-0.39, 0.29) is 11.9 Å². The van der Waals surface area contributed by atoms with Gasteiger partial charge in [0.25, 0.3) is 5.91 Å². The van der Waals surface area contributed by atoms with Crippen LogP contribution in [0.3, 0.4) is 0 Å². The number of benzene rings is 1. The van der Waals surface area contributed by atoms with Crippen molar-refractivity contribution in [2.24, 2.45) is 0 Å². The predicted octanol–water partition coefficient (Wildman–Crippen LogP) is 1.01. The molecule has 4 rings (SSSR count). The number of hydrogen-bond donors (Lipinski definition) is 1. The second-order valence-corrected chi connectivity index (χ2v) is 6.21. The van der Waals surface area contributed by atoms with E-state index in [1.165, 1.54) is 5.56 Å². The third-order valence-corrected chi connectivity index (χ3v) is 4.83. The molecule has 4 heteroatoms. The average Bonchev–Trinajstić information content (AvgIpc) is 2.49. The molecule has 0 spiro atoms. The number of quaternary nitrogens is 1. The van der Waals surface area contributed by atoms with Gasteiger partial charge in [-0.3, -0.25) is 9.69 Å². The van der Waals surface area contributed by atoms with Gasteiger partial charge in [0.1, 0.15) is 0 Å². The van der Waals surface area contributed by atoms with Crippen molar-refractivity contribution in [3.05, 3.63) is 35.9 Å². The summed E-state index contributed by atoms with van der Waals surface area (Å²) in [7, 11) is 0. The summed E-state index contributed by atoms with van der Waals surface area (Å²) in [5.41, 5.74) is 1.17. The van der Waals surface area contributed by atoms with E-state index < -0.39 is 0 Å². The van der Waals surface area contributed by atoms with Crippen LogP contribution in [0.15, 0.2) is 30.3 Å². The van der Waals surface area contributed by atoms with Crippen molar-refractivity contribution in [1.82, 2.24) is 10.2 Å². The first-order valence-electron chi connectivity index (χ1n) is 7.59. The standard InChI is InChI=1S/C16H23N3O/c1-14(15-5-3-2-4-6-15)17-16(20)13-19-10-7-18(8-11-19)9-12-19/h2-6,14H,7-13H2,1H3/p+1/t14-/m0/s1. The fourth-order valence-corrected chi connectivity index (χ4v) is 3.39. The van der Waals surface area contributed by atoms with E-state index in [1.54, 1.807) is 0 Å². The molecule has 0 aromatic heterocycles. The lowest BCUT2D eigenvalue weighted by Gasteiger charge is -2.50. The number of nitrogens with one attached hydrogen (secondary N) is 1. The van der Waals surface area contributed by atoms with Gasteiger partial charge in [-0.2, -0.15) is 0 Å². The van der Waals surface area contributed by atoms with Gasteiger partial charge < -0.3 is 9.80 Å². The van der Waals surface area contributed by atoms with Gasteiger partial charge in [0.2, 0.25) is 0 Å². The zero-order valence-corrected chi connectivity index (χ0v) is 12.2. The van der Waals surface area contributed by atoms with Crippen LogP contribution in [0.25, 0.3) is 0 Å². The second-order valence-electron chi connectivity index (χ2n) is 6.21. The highest BCUT2D eigenvalue weighted by atomic mass is 16.2. The third-order valence-electron chi connectivity index (χ3n) is 4.83. The molecule has 2 bridgehead atoms. The largest absolute Gasteiger partial charge is 0.345 e. The first-order valence-corrected chi connectivity index (χ1v) is 7.59. The lowest BCUT2D eigenvalue weighted by Crippen LogP contribution is -2.69. The van der Waals surface area contributed by atoms with E-state index in [9.17, 15) is 4.79 Å². The Hall–Kier alpha value is -1.39. The summed E-state index contributed by atoms with van der Waals surface area (Å²) in [4.78, 5) is 14.8. The van der Waals surface area contributed by atoms with Crippen LogP contribution in [-0.4, -0.2) is 61.1 Å². The molecule has 20 heavy (non-hydrogen) atoms. The van der Waals surface area contributed by atoms with Crippen LogP contribution >= 0.6 is 0 Å². The number of fused-ring (bicyclic) bond motifs is 3. The van der Waals surface area contributed by atoms with E-state index in [2.05, 4.69) is 29.3 Å². The molecule has 1 aromatic rings. The maximum Gasteiger partial charge on any atom is 0.275 e. The Morgan fingerprint density at radius 3 is 2.40 bits per heavy atom. The molecular weight excluding hydrogens is 250 g/mol. The van der Waals surface area contributed by atoms with Crippen molar-refractivity contribution in [3.8, 4) is 0 Å². The molecule has 0 unspecified atom stereocenters. The molecule has 3 saturated heterocycles. The first kappa shape index (κ1) is 13.6. The van der Waals surface area contributed by atoms with Crippen molar-refractivity contribution in [2.45, 2.75) is 13.0 Å². The Balaban J connectivity index is 1.57. The van der Waals surface area contributed by atoms with Crippen molar-refractivity contribution < 1.29 is 9.28 Å². The summed E-state index contributed by atoms with van der Waals surface area (Å²) < 4.78 is 0.990. The van der Waals surface area contributed by atoms with Gasteiger partial charge >= 0.3 is 0 Å². The zero-order valence-electron chi connectivity index (χ0n) is 12.2. The fraction of sp³-hybridized carbons (Fsp3) is 0.562. The molecule has 3 aliphatic heterocycles. The molecule has 1 atom stereocenters. The zero-order chi connectivity index (χ0) is 14.0. The van der Waals surface area contributed by atoms with Gasteiger partial charge in [-0.05, 0) is 12.5 Å². The number of amides is 1. The van der Waals surface area contributed by atoms with Crippen LogP contribution in [-0.2, 0) is 4.79 Å². The minimum Gasteiger partial charge on any atom is -0.345 e. The van der Waals surface area contributed by atoms with Gasteiger partial charge in [0.15, 0.2) is 6.54 Å². The molecule has 108 valence electrons. The van der Waals surface area contributed by atoms with Crippen molar-refractivity contribution in [3.63, 3.8) is 0 Å². The number of piperazine rings is 3. The van der Waals surface area contributed by atoms with E-state index >= 15 is 0 Å². The maximum absolute atomic E-state index is 12.3. The van der Waals surface area contributed by atoms with E-state index in [0.717, 1.165) is 43.8 Å². The van der Waals surface area contributed by atoms with Crippen LogP contribution in [0.4, 0.5) is 0 Å². The number of nitrogens with zero attached hydrogens (tertiary/aromatic N) is 2. The Morgan fingerprint density at radius 1 is 1.20 bits per heavy atom. The molecule has 3 aliphatic rings. The van der Waals surface area contributed by atoms with Crippen LogP contribution in [0, 0.1) is 0 Å². The van der Waals surface area contributed by atoms with Crippen molar-refractivity contribution in [2.75, 3.05) is 45.8 Å². The van der Waals surface area contributed by atoms with Crippen LogP contribution in [0.5, 0.6) is 0 Å². The summed E-state index contributed by atoms with van der Waals surface area (Å²) in [5, 5.41) is 3.15. The smallest absolute Gasteiger partial charge is 0.275 e. The molecule has 1 amide bonds. The summed E-state index contributed by atoms with van der Waals surface area (Å²) in [6.07, 6.45) is 0. The Morgan fingerprint density at radius 2 is 1.80 bits per heavy atom. The van der Waals surface area contributed by atoms with Crippen LogP contribution in [0.2, 0.25) is 0 Å². The minimum atomic E-state index is 0.0907. The number of carbonyl (C=O) groups is 1. The summed E-state index contributed by atoms with van der Waals surface area (Å²) in [6, 6.07) is 10.3. The number of rotatable bonds is 4. The molecule has 0 aliphatic carbocycles. The highest BCUT2D eigenvalue weighted by Crippen LogP contribution is 2.19. The Kier molecular flexibility index (Phi) is 3.76. The molecule has 1 N–H and O–H groups in total. The lowest BCUT2D eigenvalue weighted by atomic mass is 10.1. The van der Waals surface area contributed by atoms with Gasteiger partial charge in [-0.25, -0.2) is 0 Å². The molecule has 4 nitrogen and oxygen atoms in total. The predicted molar refractivity (Wildman–Crippen MR) is 79.2 cm³/mol. The van der Waals surface area contributed by atoms with E-state index in [1.807, 2.05) is 18.2 Å². The normalized spacial score (nSPS) is 29.9. The minimum absolute atomic E-state index is 0.0907. The average molecular weight is 274 g/mol. The molecular formula is C16H24N3O+. The van der Waals surface area contributed by atoms with Crippen molar-refractivity contribution >= 4 is 5.91 Å². The fourth-order valence-electron chi connectivity index (χ4n) is 3.39. The molecule has 3 fully saturated rings. The lowest BCUT2D eigenvalue weighted by molar-refractivity contribution is -0.933. The van der Waals surface area contributed by atoms with Crippen LogP contribution in [0.1, 0.15) is 18.5 Å². The van der Waals surface area contributed by atoms with Gasteiger partial charge in [-0.15, -0.1) is 0 Å². The SMILES string of the molecule is C[C@H](NC(=O)C[N+]12CCN(CC1)CC2)c1ccccc1. The summed E-state index contributed by atoms with van der Waals surface area (Å²) in [6.45, 7) is 9.56. The van der Waals surface area contributed by atoms with Gasteiger partial charge in [-0.1, -0.05) is 30.3 Å². The molecule has 0 saturated carbocycles. The molecule has 0 radical (unpaired) electrons. The molecule has 3 heterocycles. The highest BCUT2D eigenvalue weighted by Gasteiger charge is 2.39. The van der Waals surface area contributed by atoms with Crippen molar-refractivity contribution in [1.29, 1.82) is 0 Å². The summed E-state index contributed by atoms with van der Waals surface area (Å²) in [5.74, 6) is 0.191. The topological polar surface area (TPSA) is 32.3 Å². The number of carbonyl (C=O) groups excluding carboxylic acids is 1. The highest BCUT2D eigenvalue weighted by molar-refractivity contribution is 5.77. The Bertz CT molecular complexity index is 452. The second kappa shape index (κ2) is 5.54. The number of hydrogen-bond acceptors (Lipinski definition) is 2.